The van der Waals surface area contributed by atoms with Crippen molar-refractivity contribution in [3.63, 3.8) is 0 Å². The van der Waals surface area contributed by atoms with E-state index in [1.807, 2.05) is 5.43 Å². The Labute approximate surface area is 169 Å². The van der Waals surface area contributed by atoms with Crippen LogP contribution in [0.3, 0.4) is 0 Å². The van der Waals surface area contributed by atoms with E-state index < -0.39 is 26.0 Å². The van der Waals surface area contributed by atoms with Crippen LogP contribution in [0.15, 0.2) is 48.7 Å². The number of sulfone groups is 1. The number of nitrogens with two attached hydrogens (primary N) is 1. The summed E-state index contributed by atoms with van der Waals surface area (Å²) < 4.78 is 52.2. The first-order valence-corrected chi connectivity index (χ1v) is 11.9. The van der Waals surface area contributed by atoms with Gasteiger partial charge in [-0.05, 0) is 24.3 Å². The second-order valence-corrected chi connectivity index (χ2v) is 10.6. The molecule has 3 rings (SSSR count). The molecule has 1 aliphatic rings. The number of rotatable bonds is 6. The van der Waals surface area contributed by atoms with Crippen LogP contribution >= 0.6 is 0 Å². The Morgan fingerprint density at radius 2 is 1.79 bits per heavy atom. The van der Waals surface area contributed by atoms with E-state index in [-0.39, 0.29) is 36.7 Å². The van der Waals surface area contributed by atoms with Crippen molar-refractivity contribution in [1.82, 2.24) is 14.7 Å². The van der Waals surface area contributed by atoms with E-state index in [4.69, 9.17) is 5.84 Å². The third-order valence-electron chi connectivity index (χ3n) is 4.48. The monoisotopic (exact) mass is 439 g/mol. The number of hydrogen-bond acceptors (Lipinski definition) is 7. The summed E-state index contributed by atoms with van der Waals surface area (Å²) in [7, 11) is -7.22. The highest BCUT2D eigenvalue weighted by Gasteiger charge is 2.34. The quantitative estimate of drug-likeness (QED) is 0.356. The summed E-state index contributed by atoms with van der Waals surface area (Å²) in [5, 5.41) is 0. The van der Waals surface area contributed by atoms with Gasteiger partial charge in [0.15, 0.2) is 9.84 Å². The van der Waals surface area contributed by atoms with Gasteiger partial charge in [-0.3, -0.25) is 19.5 Å². The molecule has 0 aliphatic carbocycles. The van der Waals surface area contributed by atoms with Gasteiger partial charge in [-0.15, -0.1) is 0 Å². The maximum Gasteiger partial charge on any atom is 0.304 e. The summed E-state index contributed by atoms with van der Waals surface area (Å²) in [5.41, 5.74) is 3.08. The van der Waals surface area contributed by atoms with Crippen molar-refractivity contribution >= 4 is 31.6 Å². The van der Waals surface area contributed by atoms with Crippen molar-refractivity contribution in [3.8, 4) is 0 Å². The van der Waals surface area contributed by atoms with Crippen molar-refractivity contribution in [3.05, 3.63) is 59.9 Å². The van der Waals surface area contributed by atoms with E-state index in [0.29, 0.717) is 11.4 Å². The van der Waals surface area contributed by atoms with E-state index in [9.17, 15) is 21.6 Å². The standard InChI is InChI=1S/C17H21N5O5S2/c18-20-17(23)14-6-7-15(19-12-14)13-22(16-4-2-1-3-5-16)29(26,27)21-8-10-28(24,25)11-9-21/h1-7,12H,8-11,13,18H2,(H,20,23). The predicted molar refractivity (Wildman–Crippen MR) is 108 cm³/mol. The number of benzene rings is 1. The zero-order valence-electron chi connectivity index (χ0n) is 15.4. The van der Waals surface area contributed by atoms with Gasteiger partial charge < -0.3 is 0 Å². The molecule has 1 saturated heterocycles. The van der Waals surface area contributed by atoms with Gasteiger partial charge in [0.25, 0.3) is 5.91 Å². The predicted octanol–water partition coefficient (Wildman–Crippen LogP) is -0.333. The Morgan fingerprint density at radius 1 is 1.14 bits per heavy atom. The van der Waals surface area contributed by atoms with Crippen LogP contribution in [0.25, 0.3) is 0 Å². The Kier molecular flexibility index (Phi) is 6.17. The molecule has 1 amide bonds. The van der Waals surface area contributed by atoms with Crippen LogP contribution in [0.4, 0.5) is 5.69 Å². The van der Waals surface area contributed by atoms with E-state index >= 15 is 0 Å². The molecular formula is C17H21N5O5S2. The molecule has 0 radical (unpaired) electrons. The minimum Gasteiger partial charge on any atom is -0.290 e. The smallest absolute Gasteiger partial charge is 0.290 e. The molecule has 0 saturated carbocycles. The molecule has 2 aromatic rings. The van der Waals surface area contributed by atoms with Gasteiger partial charge >= 0.3 is 10.2 Å². The van der Waals surface area contributed by atoms with E-state index in [1.165, 1.54) is 22.6 Å². The fourth-order valence-electron chi connectivity index (χ4n) is 2.85. The van der Waals surface area contributed by atoms with Crippen molar-refractivity contribution in [2.45, 2.75) is 6.54 Å². The van der Waals surface area contributed by atoms with Crippen molar-refractivity contribution in [2.75, 3.05) is 28.9 Å². The van der Waals surface area contributed by atoms with Crippen LogP contribution < -0.4 is 15.6 Å². The molecule has 29 heavy (non-hydrogen) atoms. The average Bonchev–Trinajstić information content (AvgIpc) is 2.72. The second kappa shape index (κ2) is 8.45. The van der Waals surface area contributed by atoms with Crippen LogP contribution in [0.2, 0.25) is 0 Å². The van der Waals surface area contributed by atoms with Gasteiger partial charge in [0.2, 0.25) is 0 Å². The number of carbonyl (C=O) groups is 1. The summed E-state index contributed by atoms with van der Waals surface area (Å²) in [4.78, 5) is 15.7. The lowest BCUT2D eigenvalue weighted by atomic mass is 10.2. The van der Waals surface area contributed by atoms with Gasteiger partial charge in [0, 0.05) is 19.3 Å². The molecule has 2 heterocycles. The van der Waals surface area contributed by atoms with Gasteiger partial charge in [-0.25, -0.2) is 14.3 Å². The van der Waals surface area contributed by atoms with Crippen LogP contribution in [0.1, 0.15) is 16.1 Å². The van der Waals surface area contributed by atoms with Gasteiger partial charge in [0.05, 0.1) is 35.0 Å². The zero-order chi connectivity index (χ0) is 21.1. The number of nitrogens with one attached hydrogen (secondary N) is 1. The van der Waals surface area contributed by atoms with E-state index in [1.54, 1.807) is 30.3 Å². The van der Waals surface area contributed by atoms with Crippen LogP contribution in [0, 0.1) is 0 Å². The zero-order valence-corrected chi connectivity index (χ0v) is 17.1. The summed E-state index contributed by atoms with van der Waals surface area (Å²) in [6.45, 7) is -0.284. The van der Waals surface area contributed by atoms with Gasteiger partial charge in [0.1, 0.15) is 0 Å². The van der Waals surface area contributed by atoms with Crippen molar-refractivity contribution in [1.29, 1.82) is 0 Å². The highest BCUT2D eigenvalue weighted by molar-refractivity contribution is 7.92. The van der Waals surface area contributed by atoms with Gasteiger partial charge in [-0.2, -0.15) is 12.7 Å². The maximum absolute atomic E-state index is 13.3. The molecular weight excluding hydrogens is 418 g/mol. The lowest BCUT2D eigenvalue weighted by Gasteiger charge is -2.33. The van der Waals surface area contributed by atoms with Gasteiger partial charge in [-0.1, -0.05) is 18.2 Å². The summed E-state index contributed by atoms with van der Waals surface area (Å²) in [6.07, 6.45) is 1.31. The average molecular weight is 440 g/mol. The SMILES string of the molecule is NNC(=O)c1ccc(CN(c2ccccc2)S(=O)(=O)N2CCS(=O)(=O)CC2)nc1. The molecule has 0 atom stereocenters. The highest BCUT2D eigenvalue weighted by Crippen LogP contribution is 2.24. The number of para-hydroxylation sites is 1. The number of carbonyl (C=O) groups excluding carboxylic acids is 1. The second-order valence-electron chi connectivity index (χ2n) is 6.41. The Hall–Kier alpha value is -2.54. The van der Waals surface area contributed by atoms with Crippen LogP contribution in [-0.2, 0) is 26.6 Å². The van der Waals surface area contributed by atoms with E-state index in [2.05, 4.69) is 4.98 Å². The topological polar surface area (TPSA) is 143 Å². The number of amides is 1. The number of hydrogen-bond donors (Lipinski definition) is 2. The molecule has 0 spiro atoms. The molecule has 3 N–H and O–H groups in total. The lowest BCUT2D eigenvalue weighted by Crippen LogP contribution is -2.50. The number of pyridine rings is 1. The molecule has 0 bridgehead atoms. The first-order valence-electron chi connectivity index (χ1n) is 8.72. The fourth-order valence-corrected chi connectivity index (χ4v) is 5.89. The van der Waals surface area contributed by atoms with Crippen LogP contribution in [0.5, 0.6) is 0 Å². The Bertz CT molecular complexity index is 1060. The lowest BCUT2D eigenvalue weighted by molar-refractivity contribution is 0.0953. The third kappa shape index (κ3) is 4.90. The third-order valence-corrected chi connectivity index (χ3v) is 8.00. The highest BCUT2D eigenvalue weighted by atomic mass is 32.2. The summed E-state index contributed by atoms with van der Waals surface area (Å²) in [5.74, 6) is 4.16. The fraction of sp³-hybridized carbons (Fsp3) is 0.294. The first kappa shape index (κ1) is 21.2. The molecule has 12 heteroatoms. The van der Waals surface area contributed by atoms with Crippen molar-refractivity contribution < 1.29 is 21.6 Å². The largest absolute Gasteiger partial charge is 0.304 e. The summed E-state index contributed by atoms with van der Waals surface area (Å²) >= 11 is 0. The van der Waals surface area contributed by atoms with E-state index in [0.717, 1.165) is 4.31 Å². The van der Waals surface area contributed by atoms with Crippen molar-refractivity contribution in [2.24, 2.45) is 5.84 Å². The molecule has 1 aliphatic heterocycles. The molecule has 0 unspecified atom stereocenters. The number of anilines is 1. The molecule has 1 aromatic heterocycles. The summed E-state index contributed by atoms with van der Waals surface area (Å²) in [6, 6.07) is 11.5. The number of nitrogens with zero attached hydrogens (tertiary/aromatic N) is 3. The molecule has 156 valence electrons. The maximum atomic E-state index is 13.3. The number of aromatic nitrogens is 1. The molecule has 1 fully saturated rings. The number of hydrazine groups is 1. The molecule has 1 aromatic carbocycles. The minimum atomic E-state index is -3.99. The van der Waals surface area contributed by atoms with Crippen LogP contribution in [-0.4, -0.2) is 56.6 Å². The molecule has 10 nitrogen and oxygen atoms in total. The normalized spacial score (nSPS) is 16.9. The minimum absolute atomic E-state index is 0.0832. The first-order chi connectivity index (χ1) is 13.7. The number of nitrogen functional groups attached to an aromatic ring is 1. The Balaban J connectivity index is 1.90. The Morgan fingerprint density at radius 3 is 2.34 bits per heavy atom.